The maximum Gasteiger partial charge on any atom is 0.173 e. The number of H-pyrrole nitrogens is 1. The summed E-state index contributed by atoms with van der Waals surface area (Å²) in [4.78, 5) is 0. The van der Waals surface area contributed by atoms with Crippen LogP contribution in [0.25, 0.3) is 16.9 Å². The third-order valence-corrected chi connectivity index (χ3v) is 5.60. The zero-order valence-electron chi connectivity index (χ0n) is 19.4. The lowest BCUT2D eigenvalue weighted by Gasteiger charge is -2.10. The number of rotatable bonds is 9. The Morgan fingerprint density at radius 3 is 2.49 bits per heavy atom. The van der Waals surface area contributed by atoms with Gasteiger partial charge in [-0.2, -0.15) is 10.2 Å². The van der Waals surface area contributed by atoms with Crippen molar-refractivity contribution in [2.24, 2.45) is 0 Å². The molecule has 0 aliphatic carbocycles. The molecular weight excluding hydrogens is 440 g/mol. The number of hydrogen-bond acceptors (Lipinski definition) is 5. The van der Waals surface area contributed by atoms with Crippen LogP contribution >= 0.6 is 0 Å². The molecule has 0 saturated heterocycles. The third-order valence-electron chi connectivity index (χ3n) is 5.60. The fourth-order valence-corrected chi connectivity index (χ4v) is 3.82. The smallest absolute Gasteiger partial charge is 0.173 e. The van der Waals surface area contributed by atoms with Gasteiger partial charge in [-0.25, -0.2) is 4.68 Å². The van der Waals surface area contributed by atoms with Crippen molar-refractivity contribution >= 4 is 0 Å². The lowest BCUT2D eigenvalue weighted by atomic mass is 10.1. The van der Waals surface area contributed by atoms with Crippen LogP contribution in [-0.2, 0) is 13.0 Å². The Labute approximate surface area is 203 Å². The van der Waals surface area contributed by atoms with E-state index in [0.29, 0.717) is 35.1 Å². The van der Waals surface area contributed by atoms with Gasteiger partial charge in [0.15, 0.2) is 5.75 Å². The minimum Gasteiger partial charge on any atom is -0.507 e. The standard InChI is InChI=1S/C28H26N4O3/c1-2-6-20-9-11-23(12-10-20)35-27-17-29-31-28(27)25-14-13-24(15-26(25)33)34-19-21-16-30-32(18-21)22-7-4-3-5-8-22/h3-5,7-18,33H,2,6,19H2,1H3,(H,29,31). The first kappa shape index (κ1) is 22.3. The third kappa shape index (κ3) is 5.19. The van der Waals surface area contributed by atoms with Gasteiger partial charge in [0.1, 0.15) is 29.5 Å². The maximum atomic E-state index is 10.7. The SMILES string of the molecule is CCCc1ccc(Oc2cn[nH]c2-c2ccc(OCc3cnn(-c4ccccc4)c3)cc2O)cc1. The van der Waals surface area contributed by atoms with Crippen molar-refractivity contribution in [3.8, 4) is 39.9 Å². The molecule has 0 aliphatic heterocycles. The molecule has 176 valence electrons. The molecule has 5 rings (SSSR count). The molecule has 3 aromatic carbocycles. The predicted octanol–water partition coefficient (Wildman–Crippen LogP) is 6.29. The molecule has 0 amide bonds. The van der Waals surface area contributed by atoms with E-state index in [2.05, 4.69) is 34.4 Å². The second-order valence-electron chi connectivity index (χ2n) is 8.20. The number of aryl methyl sites for hydroxylation is 1. The first-order chi connectivity index (χ1) is 17.2. The van der Waals surface area contributed by atoms with Crippen LogP contribution in [0.5, 0.6) is 23.0 Å². The van der Waals surface area contributed by atoms with Crippen LogP contribution in [-0.4, -0.2) is 25.1 Å². The molecule has 35 heavy (non-hydrogen) atoms. The molecule has 0 aliphatic rings. The van der Waals surface area contributed by atoms with E-state index < -0.39 is 0 Å². The first-order valence-corrected chi connectivity index (χ1v) is 11.5. The number of phenolic OH excluding ortho intramolecular Hbond substituents is 1. The lowest BCUT2D eigenvalue weighted by molar-refractivity contribution is 0.304. The van der Waals surface area contributed by atoms with E-state index >= 15 is 0 Å². The molecular formula is C28H26N4O3. The summed E-state index contributed by atoms with van der Waals surface area (Å²) in [7, 11) is 0. The minimum atomic E-state index is 0.0647. The average Bonchev–Trinajstić information content (AvgIpc) is 3.55. The Balaban J connectivity index is 1.26. The van der Waals surface area contributed by atoms with E-state index in [0.717, 1.165) is 24.1 Å². The Bertz CT molecular complexity index is 1390. The number of aromatic amines is 1. The quantitative estimate of drug-likeness (QED) is 0.267. The second kappa shape index (κ2) is 10.2. The van der Waals surface area contributed by atoms with Gasteiger partial charge >= 0.3 is 0 Å². The summed E-state index contributed by atoms with van der Waals surface area (Å²) in [5.41, 5.74) is 4.34. The normalized spacial score (nSPS) is 10.9. The zero-order valence-corrected chi connectivity index (χ0v) is 19.4. The van der Waals surface area contributed by atoms with Crippen molar-refractivity contribution in [2.45, 2.75) is 26.4 Å². The van der Waals surface area contributed by atoms with Gasteiger partial charge in [0.2, 0.25) is 0 Å². The summed E-state index contributed by atoms with van der Waals surface area (Å²) in [5.74, 6) is 1.86. The summed E-state index contributed by atoms with van der Waals surface area (Å²) < 4.78 is 13.7. The van der Waals surface area contributed by atoms with E-state index in [4.69, 9.17) is 9.47 Å². The van der Waals surface area contributed by atoms with Gasteiger partial charge in [-0.15, -0.1) is 0 Å². The molecule has 0 bridgehead atoms. The lowest BCUT2D eigenvalue weighted by Crippen LogP contribution is -1.95. The molecule has 0 spiro atoms. The molecule has 2 heterocycles. The fourth-order valence-electron chi connectivity index (χ4n) is 3.82. The van der Waals surface area contributed by atoms with Crippen LogP contribution in [0.15, 0.2) is 91.4 Å². The number of benzene rings is 3. The van der Waals surface area contributed by atoms with E-state index in [1.165, 1.54) is 5.56 Å². The van der Waals surface area contributed by atoms with Crippen LogP contribution in [0.4, 0.5) is 0 Å². The molecule has 0 radical (unpaired) electrons. The number of phenols is 1. The summed E-state index contributed by atoms with van der Waals surface area (Å²) in [6.07, 6.45) is 7.43. The summed E-state index contributed by atoms with van der Waals surface area (Å²) in [6.45, 7) is 2.49. The Hall–Kier alpha value is -4.52. The number of aromatic nitrogens is 4. The molecule has 0 unspecified atom stereocenters. The van der Waals surface area contributed by atoms with Gasteiger partial charge < -0.3 is 14.6 Å². The van der Waals surface area contributed by atoms with E-state index in [-0.39, 0.29) is 5.75 Å². The molecule has 0 fully saturated rings. The van der Waals surface area contributed by atoms with E-state index in [1.54, 1.807) is 35.3 Å². The Morgan fingerprint density at radius 2 is 1.71 bits per heavy atom. The van der Waals surface area contributed by atoms with E-state index in [1.807, 2.05) is 48.7 Å². The highest BCUT2D eigenvalue weighted by atomic mass is 16.5. The van der Waals surface area contributed by atoms with Gasteiger partial charge in [0, 0.05) is 23.4 Å². The number of para-hydroxylation sites is 1. The molecule has 7 nitrogen and oxygen atoms in total. The van der Waals surface area contributed by atoms with Crippen LogP contribution < -0.4 is 9.47 Å². The molecule has 0 saturated carbocycles. The van der Waals surface area contributed by atoms with Gasteiger partial charge in [-0.05, 0) is 48.4 Å². The van der Waals surface area contributed by atoms with Crippen LogP contribution in [0.3, 0.4) is 0 Å². The number of aromatic hydroxyl groups is 1. The predicted molar refractivity (Wildman–Crippen MR) is 134 cm³/mol. The molecule has 2 N–H and O–H groups in total. The largest absolute Gasteiger partial charge is 0.507 e. The van der Waals surface area contributed by atoms with Crippen molar-refractivity contribution < 1.29 is 14.6 Å². The number of ether oxygens (including phenoxy) is 2. The van der Waals surface area contributed by atoms with Crippen LogP contribution in [0.1, 0.15) is 24.5 Å². The number of hydrogen-bond donors (Lipinski definition) is 2. The average molecular weight is 467 g/mol. The van der Waals surface area contributed by atoms with E-state index in [9.17, 15) is 5.11 Å². The highest BCUT2D eigenvalue weighted by Gasteiger charge is 2.15. The molecule has 2 aromatic heterocycles. The highest BCUT2D eigenvalue weighted by Crippen LogP contribution is 2.38. The first-order valence-electron chi connectivity index (χ1n) is 11.5. The maximum absolute atomic E-state index is 10.7. The number of nitrogens with zero attached hydrogens (tertiary/aromatic N) is 3. The van der Waals surface area contributed by atoms with Crippen LogP contribution in [0.2, 0.25) is 0 Å². The van der Waals surface area contributed by atoms with Gasteiger partial charge in [0.05, 0.1) is 18.1 Å². The van der Waals surface area contributed by atoms with Crippen LogP contribution in [0, 0.1) is 0 Å². The fraction of sp³-hybridized carbons (Fsp3) is 0.143. The summed E-state index contributed by atoms with van der Waals surface area (Å²) in [5, 5.41) is 22.1. The van der Waals surface area contributed by atoms with Gasteiger partial charge in [0.25, 0.3) is 0 Å². The minimum absolute atomic E-state index is 0.0647. The zero-order chi connectivity index (χ0) is 24.0. The summed E-state index contributed by atoms with van der Waals surface area (Å²) in [6, 6.07) is 23.1. The highest BCUT2D eigenvalue weighted by molar-refractivity contribution is 5.73. The van der Waals surface area contributed by atoms with Gasteiger partial charge in [-0.1, -0.05) is 43.7 Å². The van der Waals surface area contributed by atoms with Crippen molar-refractivity contribution in [2.75, 3.05) is 0 Å². The second-order valence-corrected chi connectivity index (χ2v) is 8.20. The number of nitrogens with one attached hydrogen (secondary N) is 1. The monoisotopic (exact) mass is 466 g/mol. The summed E-state index contributed by atoms with van der Waals surface area (Å²) >= 11 is 0. The topological polar surface area (TPSA) is 85.2 Å². The Kier molecular flexibility index (Phi) is 6.48. The Morgan fingerprint density at radius 1 is 0.914 bits per heavy atom. The molecule has 0 atom stereocenters. The van der Waals surface area contributed by atoms with Crippen molar-refractivity contribution in [3.05, 3.63) is 103 Å². The molecule has 5 aromatic rings. The van der Waals surface area contributed by atoms with Gasteiger partial charge in [-0.3, -0.25) is 5.10 Å². The van der Waals surface area contributed by atoms with Crippen molar-refractivity contribution in [3.63, 3.8) is 0 Å². The molecule has 7 heteroatoms. The van der Waals surface area contributed by atoms with Crippen molar-refractivity contribution in [1.29, 1.82) is 0 Å². The van der Waals surface area contributed by atoms with Crippen molar-refractivity contribution in [1.82, 2.24) is 20.0 Å².